The molecule has 0 amide bonds. The molecular weight excluding hydrogens is 328 g/mol. The molecule has 7 heteroatoms. The maximum Gasteiger partial charge on any atom is 0.226 e. The number of nitrogen functional groups attached to an aromatic ring is 1. The van der Waals surface area contributed by atoms with E-state index in [4.69, 9.17) is 10.5 Å². The van der Waals surface area contributed by atoms with E-state index in [0.717, 1.165) is 37.1 Å². The van der Waals surface area contributed by atoms with Crippen molar-refractivity contribution in [1.29, 1.82) is 0 Å². The van der Waals surface area contributed by atoms with Gasteiger partial charge >= 0.3 is 0 Å². The highest BCUT2D eigenvalue weighted by atomic mass is 16.5. The lowest BCUT2D eigenvalue weighted by molar-refractivity contribution is 0.263. The smallest absolute Gasteiger partial charge is 0.226 e. The molecule has 1 fully saturated rings. The van der Waals surface area contributed by atoms with Crippen molar-refractivity contribution in [1.82, 2.24) is 19.9 Å². The molecule has 3 aromatic rings. The summed E-state index contributed by atoms with van der Waals surface area (Å²) in [6.07, 6.45) is 2.12. The van der Waals surface area contributed by atoms with Crippen LogP contribution in [0.25, 0.3) is 11.0 Å². The maximum absolute atomic E-state index is 6.11. The van der Waals surface area contributed by atoms with Gasteiger partial charge in [-0.25, -0.2) is 0 Å². The Bertz CT molecular complexity index is 893. The number of piperidine rings is 1. The van der Waals surface area contributed by atoms with Crippen LogP contribution in [-0.4, -0.2) is 46.0 Å². The second kappa shape index (κ2) is 7.13. The molecule has 3 N–H and O–H groups in total. The summed E-state index contributed by atoms with van der Waals surface area (Å²) in [6, 6.07) is 13.5. The summed E-state index contributed by atoms with van der Waals surface area (Å²) in [5.74, 6) is 2.15. The molecule has 134 valence electrons. The summed E-state index contributed by atoms with van der Waals surface area (Å²) in [5.41, 5.74) is 6.64. The van der Waals surface area contributed by atoms with Gasteiger partial charge in [0.15, 0.2) is 5.65 Å². The minimum atomic E-state index is 0.354. The Morgan fingerprint density at radius 3 is 2.58 bits per heavy atom. The van der Waals surface area contributed by atoms with Crippen LogP contribution < -0.4 is 15.8 Å². The van der Waals surface area contributed by atoms with Crippen LogP contribution in [0.2, 0.25) is 0 Å². The minimum absolute atomic E-state index is 0.354. The molecule has 3 heterocycles. The van der Waals surface area contributed by atoms with E-state index in [1.54, 1.807) is 6.07 Å². The van der Waals surface area contributed by atoms with Crippen molar-refractivity contribution in [3.8, 4) is 11.6 Å². The zero-order valence-electron chi connectivity index (χ0n) is 14.7. The summed E-state index contributed by atoms with van der Waals surface area (Å²) >= 11 is 0. The van der Waals surface area contributed by atoms with Gasteiger partial charge in [0.25, 0.3) is 0 Å². The van der Waals surface area contributed by atoms with Crippen molar-refractivity contribution in [2.75, 3.05) is 31.2 Å². The minimum Gasteiger partial charge on any atom is -0.439 e. The molecule has 26 heavy (non-hydrogen) atoms. The predicted molar refractivity (Wildman–Crippen MR) is 102 cm³/mol. The van der Waals surface area contributed by atoms with Gasteiger partial charge in [-0.3, -0.25) is 0 Å². The number of benzene rings is 1. The van der Waals surface area contributed by atoms with Crippen molar-refractivity contribution in [2.24, 2.45) is 0 Å². The number of para-hydroxylation sites is 1. The highest BCUT2D eigenvalue weighted by Crippen LogP contribution is 2.25. The van der Waals surface area contributed by atoms with Crippen LogP contribution in [0, 0.1) is 0 Å². The maximum atomic E-state index is 6.11. The van der Waals surface area contributed by atoms with Crippen LogP contribution in [0.3, 0.4) is 0 Å². The fourth-order valence-corrected chi connectivity index (χ4v) is 3.08. The van der Waals surface area contributed by atoms with E-state index in [1.165, 1.54) is 0 Å². The van der Waals surface area contributed by atoms with Gasteiger partial charge in [0.05, 0.1) is 5.39 Å². The van der Waals surface area contributed by atoms with Crippen LogP contribution in [0.5, 0.6) is 11.6 Å². The zero-order chi connectivity index (χ0) is 17.9. The van der Waals surface area contributed by atoms with Gasteiger partial charge in [0, 0.05) is 12.1 Å². The van der Waals surface area contributed by atoms with Gasteiger partial charge in [0.1, 0.15) is 11.6 Å². The number of nitrogens with zero attached hydrogens (tertiary/aromatic N) is 4. The number of hydrogen-bond acceptors (Lipinski definition) is 7. The molecule has 1 aliphatic rings. The number of anilines is 2. The third kappa shape index (κ3) is 3.67. The first-order chi connectivity index (χ1) is 12.7. The van der Waals surface area contributed by atoms with E-state index in [-0.39, 0.29) is 0 Å². The molecule has 0 spiro atoms. The van der Waals surface area contributed by atoms with Gasteiger partial charge in [0.2, 0.25) is 11.8 Å². The quantitative estimate of drug-likeness (QED) is 0.748. The van der Waals surface area contributed by atoms with Gasteiger partial charge in [-0.05, 0) is 51.2 Å². The lowest BCUT2D eigenvalue weighted by Crippen LogP contribution is -2.37. The van der Waals surface area contributed by atoms with Crippen molar-refractivity contribution in [2.45, 2.75) is 18.9 Å². The largest absolute Gasteiger partial charge is 0.439 e. The van der Waals surface area contributed by atoms with E-state index in [1.807, 2.05) is 36.4 Å². The highest BCUT2D eigenvalue weighted by Gasteiger charge is 2.18. The predicted octanol–water partition coefficient (Wildman–Crippen LogP) is 2.91. The Morgan fingerprint density at radius 2 is 1.81 bits per heavy atom. The summed E-state index contributed by atoms with van der Waals surface area (Å²) < 4.78 is 5.79. The number of ether oxygens (including phenoxy) is 1. The number of nitrogens with one attached hydrogen (secondary N) is 1. The third-order valence-corrected chi connectivity index (χ3v) is 4.58. The average molecular weight is 350 g/mol. The zero-order valence-corrected chi connectivity index (χ0v) is 14.7. The first-order valence-electron chi connectivity index (χ1n) is 8.79. The van der Waals surface area contributed by atoms with Crippen LogP contribution in [0.15, 0.2) is 42.5 Å². The van der Waals surface area contributed by atoms with E-state index >= 15 is 0 Å². The lowest BCUT2D eigenvalue weighted by atomic mass is 10.1. The van der Waals surface area contributed by atoms with Crippen molar-refractivity contribution >= 4 is 22.8 Å². The molecule has 1 aromatic carbocycles. The van der Waals surface area contributed by atoms with E-state index in [0.29, 0.717) is 29.3 Å². The SMILES string of the molecule is CN1CCC(Nc2nc(N)c3ccc(Oc4ccccc4)nc3n2)CC1. The Balaban J connectivity index is 1.57. The number of likely N-dealkylation sites (tertiary alicyclic amines) is 1. The summed E-state index contributed by atoms with van der Waals surface area (Å²) in [6.45, 7) is 2.13. The topological polar surface area (TPSA) is 89.2 Å². The van der Waals surface area contributed by atoms with E-state index < -0.39 is 0 Å². The average Bonchev–Trinajstić information content (AvgIpc) is 2.64. The second-order valence-electron chi connectivity index (χ2n) is 6.59. The Morgan fingerprint density at radius 1 is 1.04 bits per heavy atom. The molecule has 4 rings (SSSR count). The number of pyridine rings is 1. The Labute approximate surface area is 152 Å². The molecule has 1 aliphatic heterocycles. The van der Waals surface area contributed by atoms with Gasteiger partial charge in [-0.1, -0.05) is 18.2 Å². The van der Waals surface area contributed by atoms with Gasteiger partial charge in [-0.2, -0.15) is 15.0 Å². The molecule has 0 radical (unpaired) electrons. The number of fused-ring (bicyclic) bond motifs is 1. The molecule has 0 atom stereocenters. The molecule has 1 saturated heterocycles. The third-order valence-electron chi connectivity index (χ3n) is 4.58. The Hall–Kier alpha value is -2.93. The number of nitrogens with two attached hydrogens (primary N) is 1. The number of hydrogen-bond donors (Lipinski definition) is 2. The van der Waals surface area contributed by atoms with Crippen LogP contribution in [0.4, 0.5) is 11.8 Å². The standard InChI is InChI=1S/C19H22N6O/c1-25-11-9-13(10-12-25)21-19-23-17(20)15-7-8-16(22-18(15)24-19)26-14-5-3-2-4-6-14/h2-8,13H,9-12H2,1H3,(H3,20,21,22,23,24). The molecule has 7 nitrogen and oxygen atoms in total. The number of rotatable bonds is 4. The first kappa shape index (κ1) is 16.5. The van der Waals surface area contributed by atoms with Gasteiger partial charge < -0.3 is 20.7 Å². The van der Waals surface area contributed by atoms with Crippen molar-refractivity contribution in [3.63, 3.8) is 0 Å². The molecular formula is C19H22N6O. The fourth-order valence-electron chi connectivity index (χ4n) is 3.08. The van der Waals surface area contributed by atoms with Crippen LogP contribution in [0.1, 0.15) is 12.8 Å². The van der Waals surface area contributed by atoms with E-state index in [2.05, 4.69) is 32.2 Å². The van der Waals surface area contributed by atoms with Crippen LogP contribution in [-0.2, 0) is 0 Å². The van der Waals surface area contributed by atoms with Crippen molar-refractivity contribution < 1.29 is 4.74 Å². The van der Waals surface area contributed by atoms with Crippen molar-refractivity contribution in [3.05, 3.63) is 42.5 Å². The van der Waals surface area contributed by atoms with Gasteiger partial charge in [-0.15, -0.1) is 0 Å². The molecule has 0 aliphatic carbocycles. The number of aromatic nitrogens is 3. The highest BCUT2D eigenvalue weighted by molar-refractivity contribution is 5.86. The fraction of sp³-hybridized carbons (Fsp3) is 0.316. The van der Waals surface area contributed by atoms with E-state index in [9.17, 15) is 0 Å². The molecule has 0 saturated carbocycles. The summed E-state index contributed by atoms with van der Waals surface area (Å²) in [4.78, 5) is 15.8. The molecule has 0 bridgehead atoms. The monoisotopic (exact) mass is 350 g/mol. The van der Waals surface area contributed by atoms with Crippen LogP contribution >= 0.6 is 0 Å². The normalized spacial score (nSPS) is 15.9. The molecule has 0 unspecified atom stereocenters. The summed E-state index contributed by atoms with van der Waals surface area (Å²) in [5, 5.41) is 4.12. The second-order valence-corrected chi connectivity index (χ2v) is 6.59. The first-order valence-corrected chi connectivity index (χ1v) is 8.79. The summed E-state index contributed by atoms with van der Waals surface area (Å²) in [7, 11) is 2.14. The molecule has 2 aromatic heterocycles. The Kier molecular flexibility index (Phi) is 4.53. The lowest BCUT2D eigenvalue weighted by Gasteiger charge is -2.29.